The van der Waals surface area contributed by atoms with Gasteiger partial charge >= 0.3 is 0 Å². The summed E-state index contributed by atoms with van der Waals surface area (Å²) < 4.78 is 6.17. The van der Waals surface area contributed by atoms with Gasteiger partial charge in [0.25, 0.3) is 0 Å². The normalized spacial score (nSPS) is 16.7. The Morgan fingerprint density at radius 3 is 2.17 bits per heavy atom. The molecule has 0 fully saturated rings. The topological polar surface area (TPSA) is 41.7 Å². The standard InChI is InChI=1S/C25H45N3O/c1-9-25(8,13-15-29-24(6,7)12-14-26)17-21-10-11-22-23(16-21)28(20(4)5)18-27(22)19(2)3/h10-11,16,19-20H,9,12-15,17-18,26H2,1-8H3. The van der Waals surface area contributed by atoms with Crippen LogP contribution in [0.3, 0.4) is 0 Å². The first-order valence-electron chi connectivity index (χ1n) is 11.5. The van der Waals surface area contributed by atoms with Gasteiger partial charge in [-0.1, -0.05) is 26.3 Å². The van der Waals surface area contributed by atoms with Crippen molar-refractivity contribution in [3.63, 3.8) is 0 Å². The van der Waals surface area contributed by atoms with Crippen molar-refractivity contribution in [3.05, 3.63) is 23.8 Å². The van der Waals surface area contributed by atoms with Gasteiger partial charge in [0.1, 0.15) is 0 Å². The van der Waals surface area contributed by atoms with Gasteiger partial charge in [0.05, 0.1) is 23.6 Å². The Morgan fingerprint density at radius 1 is 1.00 bits per heavy atom. The molecule has 4 heteroatoms. The summed E-state index contributed by atoms with van der Waals surface area (Å²) in [6.07, 6.45) is 4.21. The number of ether oxygens (including phenoxy) is 1. The van der Waals surface area contributed by atoms with Crippen LogP contribution in [0.25, 0.3) is 0 Å². The summed E-state index contributed by atoms with van der Waals surface area (Å²) in [7, 11) is 0. The van der Waals surface area contributed by atoms with Gasteiger partial charge in [-0.25, -0.2) is 0 Å². The average molecular weight is 404 g/mol. The Hall–Kier alpha value is -1.26. The lowest BCUT2D eigenvalue weighted by atomic mass is 9.78. The van der Waals surface area contributed by atoms with Crippen molar-refractivity contribution < 1.29 is 4.74 Å². The molecule has 1 heterocycles. The lowest BCUT2D eigenvalue weighted by Crippen LogP contribution is -2.38. The predicted octanol–water partition coefficient (Wildman–Crippen LogP) is 5.58. The maximum absolute atomic E-state index is 6.17. The van der Waals surface area contributed by atoms with Crippen LogP contribution in [0.1, 0.15) is 80.2 Å². The molecule has 4 nitrogen and oxygen atoms in total. The lowest BCUT2D eigenvalue weighted by Gasteiger charge is -2.32. The molecule has 1 aromatic rings. The number of hydrogen-bond acceptors (Lipinski definition) is 4. The molecule has 0 amide bonds. The summed E-state index contributed by atoms with van der Waals surface area (Å²) in [6, 6.07) is 8.13. The van der Waals surface area contributed by atoms with E-state index in [4.69, 9.17) is 10.5 Å². The molecule has 1 atom stereocenters. The summed E-state index contributed by atoms with van der Waals surface area (Å²) in [5.41, 5.74) is 10.0. The van der Waals surface area contributed by atoms with Gasteiger partial charge in [-0.3, -0.25) is 0 Å². The summed E-state index contributed by atoms with van der Waals surface area (Å²) >= 11 is 0. The number of nitrogens with two attached hydrogens (primary N) is 1. The Bertz CT molecular complexity index is 655. The molecule has 0 spiro atoms. The van der Waals surface area contributed by atoms with E-state index in [9.17, 15) is 0 Å². The second kappa shape index (κ2) is 9.70. The number of benzene rings is 1. The van der Waals surface area contributed by atoms with E-state index < -0.39 is 0 Å². The van der Waals surface area contributed by atoms with Gasteiger partial charge in [0.15, 0.2) is 0 Å². The molecule has 1 aromatic carbocycles. The Morgan fingerprint density at radius 2 is 1.62 bits per heavy atom. The van der Waals surface area contributed by atoms with Crippen molar-refractivity contribution in [1.29, 1.82) is 0 Å². The second-order valence-corrected chi connectivity index (χ2v) is 10.3. The van der Waals surface area contributed by atoms with Crippen LogP contribution in [0.4, 0.5) is 11.4 Å². The third-order valence-corrected chi connectivity index (χ3v) is 6.64. The third-order valence-electron chi connectivity index (χ3n) is 6.64. The summed E-state index contributed by atoms with van der Waals surface area (Å²) in [6.45, 7) is 20.6. The van der Waals surface area contributed by atoms with Crippen molar-refractivity contribution in [1.82, 2.24) is 0 Å². The molecule has 166 valence electrons. The van der Waals surface area contributed by atoms with Gasteiger partial charge in [-0.15, -0.1) is 0 Å². The highest BCUT2D eigenvalue weighted by molar-refractivity contribution is 5.77. The molecule has 0 saturated heterocycles. The zero-order chi connectivity index (χ0) is 21.8. The number of nitrogens with zero attached hydrogens (tertiary/aromatic N) is 2. The zero-order valence-corrected chi connectivity index (χ0v) is 20.2. The molecule has 2 N–H and O–H groups in total. The highest BCUT2D eigenvalue weighted by Crippen LogP contribution is 2.41. The number of anilines is 2. The first kappa shape index (κ1) is 24.0. The summed E-state index contributed by atoms with van der Waals surface area (Å²) in [5, 5.41) is 0. The number of rotatable bonds is 11. The predicted molar refractivity (Wildman–Crippen MR) is 127 cm³/mol. The van der Waals surface area contributed by atoms with Crippen LogP contribution < -0.4 is 15.5 Å². The van der Waals surface area contributed by atoms with Crippen molar-refractivity contribution >= 4 is 11.4 Å². The Labute approximate surface area is 179 Å². The van der Waals surface area contributed by atoms with E-state index in [1.807, 2.05) is 0 Å². The smallest absolute Gasteiger partial charge is 0.0909 e. The SMILES string of the molecule is CCC(C)(CCOC(C)(C)CCN)Cc1ccc2c(c1)N(C(C)C)CN2C(C)C. The minimum absolute atomic E-state index is 0.130. The minimum Gasteiger partial charge on any atom is -0.376 e. The molecule has 0 radical (unpaired) electrons. The van der Waals surface area contributed by atoms with Crippen LogP contribution in [0.2, 0.25) is 0 Å². The van der Waals surface area contributed by atoms with Crippen LogP contribution in [0.15, 0.2) is 18.2 Å². The van der Waals surface area contributed by atoms with E-state index in [0.717, 1.165) is 39.0 Å². The average Bonchev–Trinajstić information content (AvgIpc) is 3.00. The highest BCUT2D eigenvalue weighted by atomic mass is 16.5. The first-order valence-corrected chi connectivity index (χ1v) is 11.5. The zero-order valence-electron chi connectivity index (χ0n) is 20.2. The van der Waals surface area contributed by atoms with Crippen LogP contribution in [-0.2, 0) is 11.2 Å². The maximum atomic E-state index is 6.17. The molecule has 1 unspecified atom stereocenters. The summed E-state index contributed by atoms with van der Waals surface area (Å²) in [4.78, 5) is 5.03. The number of hydrogen-bond donors (Lipinski definition) is 1. The molecule has 1 aliphatic heterocycles. The molecular formula is C25H45N3O. The quantitative estimate of drug-likeness (QED) is 0.524. The molecule has 1 aliphatic rings. The van der Waals surface area contributed by atoms with Crippen LogP contribution >= 0.6 is 0 Å². The van der Waals surface area contributed by atoms with Gasteiger partial charge in [-0.2, -0.15) is 0 Å². The maximum Gasteiger partial charge on any atom is 0.0909 e. The summed E-state index contributed by atoms with van der Waals surface area (Å²) in [5.74, 6) is 0. The van der Waals surface area contributed by atoms with E-state index in [1.54, 1.807) is 0 Å². The highest BCUT2D eigenvalue weighted by Gasteiger charge is 2.30. The first-order chi connectivity index (χ1) is 13.5. The van der Waals surface area contributed by atoms with Crippen molar-refractivity contribution in [3.8, 4) is 0 Å². The van der Waals surface area contributed by atoms with E-state index in [-0.39, 0.29) is 11.0 Å². The minimum atomic E-state index is -0.130. The fourth-order valence-electron chi connectivity index (χ4n) is 4.23. The van der Waals surface area contributed by atoms with Gasteiger partial charge in [0.2, 0.25) is 0 Å². The van der Waals surface area contributed by atoms with E-state index in [0.29, 0.717) is 18.6 Å². The van der Waals surface area contributed by atoms with Crippen molar-refractivity contribution in [2.24, 2.45) is 11.1 Å². The molecule has 0 aliphatic carbocycles. The van der Waals surface area contributed by atoms with Crippen molar-refractivity contribution in [2.75, 3.05) is 29.6 Å². The molecular weight excluding hydrogens is 358 g/mol. The van der Waals surface area contributed by atoms with Gasteiger partial charge in [-0.05, 0) is 90.5 Å². The van der Waals surface area contributed by atoms with E-state index in [1.165, 1.54) is 16.9 Å². The molecule has 2 rings (SSSR count). The lowest BCUT2D eigenvalue weighted by molar-refractivity contribution is -0.0343. The van der Waals surface area contributed by atoms with Gasteiger partial charge < -0.3 is 20.3 Å². The van der Waals surface area contributed by atoms with Crippen LogP contribution in [-0.4, -0.2) is 37.5 Å². The Balaban J connectivity index is 2.12. The second-order valence-electron chi connectivity index (χ2n) is 10.3. The number of fused-ring (bicyclic) bond motifs is 1. The Kier molecular flexibility index (Phi) is 8.03. The van der Waals surface area contributed by atoms with Crippen LogP contribution in [0, 0.1) is 5.41 Å². The van der Waals surface area contributed by atoms with Crippen molar-refractivity contribution in [2.45, 2.75) is 98.8 Å². The molecule has 0 bridgehead atoms. The van der Waals surface area contributed by atoms with E-state index >= 15 is 0 Å². The third kappa shape index (κ3) is 6.11. The van der Waals surface area contributed by atoms with Crippen LogP contribution in [0.5, 0.6) is 0 Å². The fraction of sp³-hybridized carbons (Fsp3) is 0.760. The molecule has 0 saturated carbocycles. The largest absolute Gasteiger partial charge is 0.376 e. The molecule has 0 aromatic heterocycles. The fourth-order valence-corrected chi connectivity index (χ4v) is 4.23. The van der Waals surface area contributed by atoms with E-state index in [2.05, 4.69) is 83.4 Å². The molecule has 29 heavy (non-hydrogen) atoms. The monoisotopic (exact) mass is 403 g/mol. The van der Waals surface area contributed by atoms with Gasteiger partial charge in [0, 0.05) is 18.7 Å².